The van der Waals surface area contributed by atoms with Crippen molar-refractivity contribution in [2.75, 3.05) is 26.2 Å². The summed E-state index contributed by atoms with van der Waals surface area (Å²) in [6.45, 7) is 7.88. The highest BCUT2D eigenvalue weighted by atomic mass is 79.9. The van der Waals surface area contributed by atoms with Crippen LogP contribution in [0, 0.1) is 4.64 Å². The number of nitrogens with zero attached hydrogens (tertiary/aromatic N) is 2. The number of carbonyl (C=O) groups excluding carboxylic acids is 1. The van der Waals surface area contributed by atoms with E-state index in [1.54, 1.807) is 12.3 Å². The van der Waals surface area contributed by atoms with Gasteiger partial charge in [0.15, 0.2) is 0 Å². The van der Waals surface area contributed by atoms with Crippen molar-refractivity contribution in [1.29, 1.82) is 0 Å². The Morgan fingerprint density at radius 3 is 2.95 bits per heavy atom. The van der Waals surface area contributed by atoms with Crippen LogP contribution in [-0.4, -0.2) is 52.9 Å². The Balaban J connectivity index is 2.20. The van der Waals surface area contributed by atoms with Gasteiger partial charge in [-0.2, -0.15) is 0 Å². The van der Waals surface area contributed by atoms with Crippen molar-refractivity contribution in [2.24, 2.45) is 0 Å². The van der Waals surface area contributed by atoms with Gasteiger partial charge < -0.3 is 9.88 Å². The third-order valence-electron chi connectivity index (χ3n) is 3.52. The Morgan fingerprint density at radius 1 is 1.58 bits per heavy atom. The third-order valence-corrected chi connectivity index (χ3v) is 4.31. The molecular weight excluding hydrogens is 326 g/mol. The zero-order valence-electron chi connectivity index (χ0n) is 11.1. The molecular formula is C13H18BrN3OS. The molecule has 0 unspecified atom stereocenters. The molecule has 1 fully saturated rings. The van der Waals surface area contributed by atoms with Gasteiger partial charge in [0.2, 0.25) is 0 Å². The van der Waals surface area contributed by atoms with Crippen LogP contribution < -0.4 is 0 Å². The van der Waals surface area contributed by atoms with Crippen LogP contribution in [-0.2, 0) is 0 Å². The summed E-state index contributed by atoms with van der Waals surface area (Å²) in [5.74, 6) is 0.0193. The predicted octanol–water partition coefficient (Wildman–Crippen LogP) is 2.67. The van der Waals surface area contributed by atoms with E-state index in [4.69, 9.17) is 12.2 Å². The van der Waals surface area contributed by atoms with Crippen molar-refractivity contribution in [3.63, 3.8) is 0 Å². The fourth-order valence-corrected chi connectivity index (χ4v) is 2.94. The van der Waals surface area contributed by atoms with Crippen LogP contribution in [0.3, 0.4) is 0 Å². The van der Waals surface area contributed by atoms with E-state index in [1.807, 2.05) is 4.90 Å². The van der Waals surface area contributed by atoms with Crippen LogP contribution in [0.4, 0.5) is 0 Å². The van der Waals surface area contributed by atoms with E-state index in [9.17, 15) is 4.79 Å². The Morgan fingerprint density at radius 2 is 2.32 bits per heavy atom. The Kier molecular flexibility index (Phi) is 4.76. The van der Waals surface area contributed by atoms with Gasteiger partial charge in [0.05, 0.1) is 5.56 Å². The minimum atomic E-state index is 0.0193. The number of likely N-dealkylation sites (N-methyl/N-ethyl adjacent to an activating group) is 1. The van der Waals surface area contributed by atoms with E-state index in [1.165, 1.54) is 0 Å². The largest absolute Gasteiger partial charge is 0.351 e. The molecule has 0 aliphatic carbocycles. The van der Waals surface area contributed by atoms with Crippen molar-refractivity contribution in [1.82, 2.24) is 14.8 Å². The smallest absolute Gasteiger partial charge is 0.257 e. The van der Waals surface area contributed by atoms with Crippen LogP contribution in [0.1, 0.15) is 24.2 Å². The van der Waals surface area contributed by atoms with Gasteiger partial charge >= 0.3 is 0 Å². The average molecular weight is 344 g/mol. The van der Waals surface area contributed by atoms with Gasteiger partial charge in [0.25, 0.3) is 5.91 Å². The minimum absolute atomic E-state index is 0.0193. The van der Waals surface area contributed by atoms with Gasteiger partial charge in [-0.3, -0.25) is 9.69 Å². The van der Waals surface area contributed by atoms with Gasteiger partial charge in [0.1, 0.15) is 4.64 Å². The number of aromatic amines is 1. The monoisotopic (exact) mass is 343 g/mol. The van der Waals surface area contributed by atoms with E-state index >= 15 is 0 Å². The molecule has 0 aromatic carbocycles. The average Bonchev–Trinajstić information content (AvgIpc) is 2.40. The molecule has 0 bridgehead atoms. The highest BCUT2D eigenvalue weighted by molar-refractivity contribution is 9.10. The summed E-state index contributed by atoms with van der Waals surface area (Å²) in [4.78, 5) is 19.8. The molecule has 1 aliphatic rings. The second-order valence-corrected chi connectivity index (χ2v) is 6.13. The lowest BCUT2D eigenvalue weighted by atomic mass is 10.1. The van der Waals surface area contributed by atoms with E-state index in [0.717, 1.165) is 30.7 Å². The van der Waals surface area contributed by atoms with Crippen LogP contribution in [0.25, 0.3) is 0 Å². The summed E-state index contributed by atoms with van der Waals surface area (Å²) in [6.07, 6.45) is 1.75. The fraction of sp³-hybridized carbons (Fsp3) is 0.538. The lowest BCUT2D eigenvalue weighted by molar-refractivity contribution is 0.0498. The molecule has 1 aromatic rings. The number of aromatic nitrogens is 1. The molecule has 0 radical (unpaired) electrons. The summed E-state index contributed by atoms with van der Waals surface area (Å²) < 4.78 is 1.34. The SMILES string of the molecule is CCN1CCN(C(=O)c2cc(Br)c[nH]c2=S)[C@@H](C)C1. The molecule has 1 atom stereocenters. The summed E-state index contributed by atoms with van der Waals surface area (Å²) in [5, 5.41) is 0. The van der Waals surface area contributed by atoms with E-state index in [0.29, 0.717) is 10.2 Å². The normalized spacial score (nSPS) is 20.6. The van der Waals surface area contributed by atoms with Crippen LogP contribution in [0.15, 0.2) is 16.7 Å². The number of piperazine rings is 1. The van der Waals surface area contributed by atoms with Gasteiger partial charge in [0, 0.05) is 36.3 Å². The summed E-state index contributed by atoms with van der Waals surface area (Å²) in [5.41, 5.74) is 0.571. The van der Waals surface area contributed by atoms with Gasteiger partial charge in [-0.25, -0.2) is 0 Å². The first-order chi connectivity index (χ1) is 9.02. The maximum atomic E-state index is 12.6. The summed E-state index contributed by atoms with van der Waals surface area (Å²) in [7, 11) is 0. The number of H-pyrrole nitrogens is 1. The number of carbonyl (C=O) groups is 1. The van der Waals surface area contributed by atoms with Crippen LogP contribution in [0.5, 0.6) is 0 Å². The highest BCUT2D eigenvalue weighted by Crippen LogP contribution is 2.17. The van der Waals surface area contributed by atoms with Crippen LogP contribution >= 0.6 is 28.1 Å². The standard InChI is InChI=1S/C13H18BrN3OS/c1-3-16-4-5-17(9(2)8-16)13(18)11-6-10(14)7-15-12(11)19/h6-7,9H,3-5,8H2,1-2H3,(H,15,19)/t9-/m0/s1. The first-order valence-electron chi connectivity index (χ1n) is 6.44. The zero-order chi connectivity index (χ0) is 14.0. The van der Waals surface area contributed by atoms with Gasteiger partial charge in [-0.15, -0.1) is 0 Å². The van der Waals surface area contributed by atoms with E-state index in [2.05, 4.69) is 39.7 Å². The molecule has 2 heterocycles. The number of pyridine rings is 1. The molecule has 1 N–H and O–H groups in total. The molecule has 2 rings (SSSR count). The van der Waals surface area contributed by atoms with Gasteiger partial charge in [-0.1, -0.05) is 19.1 Å². The molecule has 0 saturated carbocycles. The molecule has 6 heteroatoms. The Labute approximate surface area is 126 Å². The number of halogens is 1. The second-order valence-electron chi connectivity index (χ2n) is 4.80. The topological polar surface area (TPSA) is 39.3 Å². The summed E-state index contributed by atoms with van der Waals surface area (Å²) in [6, 6.07) is 2.01. The van der Waals surface area contributed by atoms with Crippen molar-refractivity contribution < 1.29 is 4.79 Å². The number of hydrogen-bond donors (Lipinski definition) is 1. The van der Waals surface area contributed by atoms with Crippen molar-refractivity contribution >= 4 is 34.1 Å². The molecule has 4 nitrogen and oxygen atoms in total. The summed E-state index contributed by atoms with van der Waals surface area (Å²) >= 11 is 8.58. The molecule has 1 aromatic heterocycles. The lowest BCUT2D eigenvalue weighted by Crippen LogP contribution is -2.53. The maximum absolute atomic E-state index is 12.6. The molecule has 1 aliphatic heterocycles. The van der Waals surface area contributed by atoms with Crippen molar-refractivity contribution in [3.05, 3.63) is 26.9 Å². The third kappa shape index (κ3) is 3.24. The first-order valence-corrected chi connectivity index (χ1v) is 7.64. The van der Waals surface area contributed by atoms with E-state index < -0.39 is 0 Å². The quantitative estimate of drug-likeness (QED) is 0.839. The Hall–Kier alpha value is -0.720. The maximum Gasteiger partial charge on any atom is 0.257 e. The number of hydrogen-bond acceptors (Lipinski definition) is 3. The fourth-order valence-electron chi connectivity index (χ4n) is 2.39. The molecule has 1 saturated heterocycles. The first kappa shape index (κ1) is 14.7. The van der Waals surface area contributed by atoms with Crippen molar-refractivity contribution in [3.8, 4) is 0 Å². The van der Waals surface area contributed by atoms with Crippen LogP contribution in [0.2, 0.25) is 0 Å². The van der Waals surface area contributed by atoms with E-state index in [-0.39, 0.29) is 11.9 Å². The predicted molar refractivity (Wildman–Crippen MR) is 81.9 cm³/mol. The number of amides is 1. The number of nitrogens with one attached hydrogen (secondary N) is 1. The minimum Gasteiger partial charge on any atom is -0.351 e. The Bertz CT molecular complexity index is 531. The molecule has 19 heavy (non-hydrogen) atoms. The number of rotatable bonds is 2. The highest BCUT2D eigenvalue weighted by Gasteiger charge is 2.28. The molecule has 0 spiro atoms. The molecule has 104 valence electrons. The van der Waals surface area contributed by atoms with Gasteiger partial charge in [-0.05, 0) is 35.5 Å². The molecule has 1 amide bonds. The second kappa shape index (κ2) is 6.15. The van der Waals surface area contributed by atoms with Crippen molar-refractivity contribution in [2.45, 2.75) is 19.9 Å². The lowest BCUT2D eigenvalue weighted by Gasteiger charge is -2.39. The zero-order valence-corrected chi connectivity index (χ0v) is 13.6.